The predicted octanol–water partition coefficient (Wildman–Crippen LogP) is -8.59. The van der Waals surface area contributed by atoms with E-state index in [9.17, 15) is 0 Å². The third-order valence-corrected chi connectivity index (χ3v) is 1.96. The van der Waals surface area contributed by atoms with Crippen LogP contribution in [0.4, 0.5) is 5.82 Å². The molecule has 0 atom stereocenters. The summed E-state index contributed by atoms with van der Waals surface area (Å²) in [7, 11) is -9.89. The Hall–Kier alpha value is -1.64. The average Bonchev–Trinajstić information content (AvgIpc) is 2.44. The molecule has 2 rings (SSSR count). The highest BCUT2D eigenvalue weighted by Gasteiger charge is 2.00. The Morgan fingerprint density at radius 3 is 1.79 bits per heavy atom. The van der Waals surface area contributed by atoms with E-state index in [1.807, 2.05) is 42.9 Å². The van der Waals surface area contributed by atoms with Gasteiger partial charge >= 0.3 is 0 Å². The van der Waals surface area contributed by atoms with Gasteiger partial charge < -0.3 is 0 Å². The molecule has 0 saturated carbocycles. The summed E-state index contributed by atoms with van der Waals surface area (Å²) >= 11 is 0. The molecule has 2 heterocycles. The van der Waals surface area contributed by atoms with E-state index in [4.69, 9.17) is 37.3 Å². The molecule has 0 bridgehead atoms. The van der Waals surface area contributed by atoms with E-state index in [0.29, 0.717) is 0 Å². The number of halogens is 2. The Balaban J connectivity index is 0.000000442. The highest BCUT2D eigenvalue weighted by Crippen LogP contribution is 1.99. The monoisotopic (exact) mass is 385 g/mol. The van der Waals surface area contributed by atoms with Crippen LogP contribution in [-0.4, -0.2) is 0 Å². The lowest BCUT2D eigenvalue weighted by Gasteiger charge is -2.17. The summed E-state index contributed by atoms with van der Waals surface area (Å²) in [4.78, 5) is 6.16. The summed E-state index contributed by atoms with van der Waals surface area (Å²) < 4.78 is 67.9. The van der Waals surface area contributed by atoms with E-state index >= 15 is 0 Å². The standard InChI is InChI=1S/C11H11N3.2ClHO4/c1-2-7-13-11(5-1)14-9-10-4-3-6-12-8-10;2*2-1(3,4)5/h1-8H,9H2,(H,13,14);2*(H,2,3,4,5). The van der Waals surface area contributed by atoms with Gasteiger partial charge in [-0.1, -0.05) is 6.07 Å². The number of aromatic nitrogens is 2. The Morgan fingerprint density at radius 1 is 0.792 bits per heavy atom. The van der Waals surface area contributed by atoms with E-state index in [1.165, 1.54) is 5.56 Å². The van der Waals surface area contributed by atoms with Crippen molar-refractivity contribution in [2.75, 3.05) is 5.32 Å². The molecule has 0 amide bonds. The molecular formula is C11H13Cl2N3O8. The van der Waals surface area contributed by atoms with Crippen LogP contribution in [0.25, 0.3) is 0 Å². The SMILES string of the molecule is [O-][Cl+3]([O-])([O-])[O-].[O-][Cl+3]([O-])([O-])[O-].c1ccc(NCc2ccc[nH+]c2)[nH+]c1. The molecular weight excluding hydrogens is 373 g/mol. The summed E-state index contributed by atoms with van der Waals surface area (Å²) in [5.74, 6) is 1.02. The average molecular weight is 386 g/mol. The van der Waals surface area contributed by atoms with Crippen LogP contribution in [0.5, 0.6) is 0 Å². The van der Waals surface area contributed by atoms with Crippen LogP contribution in [0, 0.1) is 20.5 Å². The molecule has 0 fully saturated rings. The van der Waals surface area contributed by atoms with E-state index in [0.717, 1.165) is 12.4 Å². The maximum absolute atomic E-state index is 8.49. The van der Waals surface area contributed by atoms with Gasteiger partial charge in [0.2, 0.25) is 0 Å². The number of anilines is 1. The minimum atomic E-state index is -4.94. The topological polar surface area (TPSA) is 225 Å². The van der Waals surface area contributed by atoms with E-state index < -0.39 is 20.5 Å². The smallest absolute Gasteiger partial charge is 0.270 e. The van der Waals surface area contributed by atoms with Crippen molar-refractivity contribution in [3.05, 3.63) is 54.5 Å². The highest BCUT2D eigenvalue weighted by molar-refractivity contribution is 5.28. The minimum absolute atomic E-state index is 0.817. The van der Waals surface area contributed by atoms with Crippen molar-refractivity contribution < 1.29 is 67.7 Å². The van der Waals surface area contributed by atoms with E-state index in [1.54, 1.807) is 0 Å². The number of hydrogen-bond donors (Lipinski definition) is 1. The van der Waals surface area contributed by atoms with Crippen molar-refractivity contribution >= 4 is 5.82 Å². The lowest BCUT2D eigenvalue weighted by molar-refractivity contribution is -2.00. The molecule has 24 heavy (non-hydrogen) atoms. The first kappa shape index (κ1) is 22.4. The van der Waals surface area contributed by atoms with Crippen molar-refractivity contribution in [1.82, 2.24) is 0 Å². The van der Waals surface area contributed by atoms with Crippen LogP contribution < -0.4 is 52.6 Å². The third kappa shape index (κ3) is 20.4. The Kier molecular flexibility index (Phi) is 10.3. The molecule has 2 aromatic heterocycles. The number of hydrogen-bond acceptors (Lipinski definition) is 9. The number of H-pyrrole nitrogens is 2. The zero-order chi connectivity index (χ0) is 18.6. The number of nitrogens with one attached hydrogen (secondary N) is 3. The Morgan fingerprint density at radius 2 is 1.38 bits per heavy atom. The summed E-state index contributed by atoms with van der Waals surface area (Å²) in [5.41, 5.74) is 1.23. The molecule has 0 aromatic carbocycles. The molecule has 0 unspecified atom stereocenters. The molecule has 0 aliphatic carbocycles. The first-order valence-corrected chi connectivity index (χ1v) is 8.31. The molecule has 11 nitrogen and oxygen atoms in total. The fourth-order valence-electron chi connectivity index (χ4n) is 1.24. The number of aromatic amines is 2. The van der Waals surface area contributed by atoms with Crippen molar-refractivity contribution in [2.24, 2.45) is 0 Å². The van der Waals surface area contributed by atoms with Gasteiger partial charge in [0.1, 0.15) is 6.54 Å². The molecule has 2 aromatic rings. The fraction of sp³-hybridized carbons (Fsp3) is 0.0909. The predicted molar refractivity (Wildman–Crippen MR) is 53.3 cm³/mol. The molecule has 0 aliphatic rings. The van der Waals surface area contributed by atoms with Gasteiger partial charge in [-0.05, 0) is 12.1 Å². The Labute approximate surface area is 140 Å². The van der Waals surface area contributed by atoms with E-state index in [2.05, 4.69) is 21.4 Å². The van der Waals surface area contributed by atoms with Gasteiger partial charge in [-0.3, -0.25) is 5.32 Å². The van der Waals surface area contributed by atoms with Gasteiger partial charge in [0, 0.05) is 12.1 Å². The van der Waals surface area contributed by atoms with Crippen molar-refractivity contribution in [2.45, 2.75) is 6.54 Å². The molecule has 3 N–H and O–H groups in total. The largest absolute Gasteiger partial charge is 0.272 e. The van der Waals surface area contributed by atoms with Crippen LogP contribution in [0.3, 0.4) is 0 Å². The van der Waals surface area contributed by atoms with Gasteiger partial charge in [-0.2, -0.15) is 0 Å². The molecule has 0 aliphatic heterocycles. The lowest BCUT2D eigenvalue weighted by Crippen LogP contribution is -2.68. The maximum Gasteiger partial charge on any atom is 0.272 e. The number of rotatable bonds is 3. The van der Waals surface area contributed by atoms with Crippen molar-refractivity contribution in [3.63, 3.8) is 0 Å². The molecule has 0 radical (unpaired) electrons. The van der Waals surface area contributed by atoms with Gasteiger partial charge in [0.05, 0.1) is 11.8 Å². The normalized spacial score (nSPS) is 10.7. The second-order valence-corrected chi connectivity index (χ2v) is 5.31. The second kappa shape index (κ2) is 11.0. The van der Waals surface area contributed by atoms with Crippen LogP contribution in [0.1, 0.15) is 5.56 Å². The molecule has 13 heteroatoms. The minimum Gasteiger partial charge on any atom is -0.270 e. The first-order valence-electron chi connectivity index (χ1n) is 5.84. The van der Waals surface area contributed by atoms with Crippen LogP contribution in [-0.2, 0) is 6.54 Å². The van der Waals surface area contributed by atoms with Crippen LogP contribution in [0.2, 0.25) is 0 Å². The molecule has 0 saturated heterocycles. The summed E-state index contributed by atoms with van der Waals surface area (Å²) in [6.45, 7) is 0.817. The van der Waals surface area contributed by atoms with Gasteiger partial charge in [0.15, 0.2) is 12.4 Å². The summed E-state index contributed by atoms with van der Waals surface area (Å²) in [6.07, 6.45) is 5.79. The van der Waals surface area contributed by atoms with Gasteiger partial charge in [0.25, 0.3) is 5.82 Å². The molecule has 0 spiro atoms. The quantitative estimate of drug-likeness (QED) is 0.527. The first-order chi connectivity index (χ1) is 10.9. The van der Waals surface area contributed by atoms with Crippen molar-refractivity contribution in [1.29, 1.82) is 0 Å². The number of pyridine rings is 2. The highest BCUT2D eigenvalue weighted by atomic mass is 35.7. The van der Waals surface area contributed by atoms with Crippen LogP contribution in [0.15, 0.2) is 48.9 Å². The molecule has 134 valence electrons. The zero-order valence-corrected chi connectivity index (χ0v) is 13.4. The van der Waals surface area contributed by atoms with Crippen LogP contribution >= 0.6 is 0 Å². The fourth-order valence-corrected chi connectivity index (χ4v) is 1.24. The van der Waals surface area contributed by atoms with E-state index in [-0.39, 0.29) is 0 Å². The zero-order valence-electron chi connectivity index (χ0n) is 11.8. The third-order valence-electron chi connectivity index (χ3n) is 1.96. The van der Waals surface area contributed by atoms with Gasteiger partial charge in [-0.15, -0.1) is 20.5 Å². The summed E-state index contributed by atoms with van der Waals surface area (Å²) in [5, 5.41) is 3.29. The summed E-state index contributed by atoms with van der Waals surface area (Å²) in [6, 6.07) is 10.0. The maximum atomic E-state index is 8.49. The lowest BCUT2D eigenvalue weighted by atomic mass is 10.3. The second-order valence-electron chi connectivity index (χ2n) is 3.80. The van der Waals surface area contributed by atoms with Gasteiger partial charge in [-0.25, -0.2) is 47.2 Å². The Bertz CT molecular complexity index is 487. The van der Waals surface area contributed by atoms with Crippen molar-refractivity contribution in [3.8, 4) is 0 Å².